The zero-order chi connectivity index (χ0) is 9.68. The molecule has 1 heterocycles. The zero-order valence-corrected chi connectivity index (χ0v) is 8.46. The summed E-state index contributed by atoms with van der Waals surface area (Å²) in [6.07, 6.45) is 5.69. The smallest absolute Gasteiger partial charge is 0.218 e. The van der Waals surface area contributed by atoms with Gasteiger partial charge in [0, 0.05) is 19.0 Å². The molecule has 0 aromatic carbocycles. The molecule has 1 amide bonds. The van der Waals surface area contributed by atoms with E-state index < -0.39 is 0 Å². The van der Waals surface area contributed by atoms with Crippen molar-refractivity contribution in [2.24, 2.45) is 5.73 Å². The summed E-state index contributed by atoms with van der Waals surface area (Å²) in [6, 6.07) is 0.627. The molecule has 1 unspecified atom stereocenters. The van der Waals surface area contributed by atoms with E-state index in [4.69, 9.17) is 5.73 Å². The van der Waals surface area contributed by atoms with Gasteiger partial charge in [-0.15, -0.1) is 0 Å². The lowest BCUT2D eigenvalue weighted by Gasteiger charge is -2.26. The van der Waals surface area contributed by atoms with Crippen molar-refractivity contribution in [3.05, 3.63) is 0 Å². The topological polar surface area (TPSA) is 46.3 Å². The normalized spacial score (nSPS) is 25.5. The maximum absolute atomic E-state index is 10.6. The Kier molecular flexibility index (Phi) is 4.22. The Morgan fingerprint density at radius 2 is 2.23 bits per heavy atom. The first kappa shape index (κ1) is 10.5. The second-order valence-electron chi connectivity index (χ2n) is 3.95. The van der Waals surface area contributed by atoms with Crippen LogP contribution in [0.5, 0.6) is 0 Å². The molecule has 3 heteroatoms. The summed E-state index contributed by atoms with van der Waals surface area (Å²) >= 11 is 0. The highest BCUT2D eigenvalue weighted by Crippen LogP contribution is 2.16. The molecular formula is C10H20N2O. The Balaban J connectivity index is 2.31. The van der Waals surface area contributed by atoms with E-state index in [1.165, 1.54) is 25.7 Å². The molecule has 76 valence electrons. The van der Waals surface area contributed by atoms with Gasteiger partial charge in [-0.3, -0.25) is 4.79 Å². The Morgan fingerprint density at radius 3 is 2.92 bits per heavy atom. The third-order valence-corrected chi connectivity index (χ3v) is 2.84. The number of primary amides is 1. The molecule has 1 rings (SSSR count). The van der Waals surface area contributed by atoms with Crippen LogP contribution >= 0.6 is 0 Å². The van der Waals surface area contributed by atoms with Crippen LogP contribution < -0.4 is 5.73 Å². The molecule has 0 aromatic rings. The van der Waals surface area contributed by atoms with Crippen LogP contribution in [0.25, 0.3) is 0 Å². The van der Waals surface area contributed by atoms with Gasteiger partial charge in [0.1, 0.15) is 0 Å². The van der Waals surface area contributed by atoms with Gasteiger partial charge in [-0.1, -0.05) is 12.8 Å². The summed E-state index contributed by atoms with van der Waals surface area (Å²) in [6.45, 7) is 4.22. The molecule has 2 N–H and O–H groups in total. The highest BCUT2D eigenvalue weighted by atomic mass is 16.1. The molecule has 0 aromatic heterocycles. The second kappa shape index (κ2) is 5.22. The third-order valence-electron chi connectivity index (χ3n) is 2.84. The number of carbonyl (C=O) groups excluding carboxylic acids is 1. The molecule has 1 aliphatic heterocycles. The van der Waals surface area contributed by atoms with Gasteiger partial charge >= 0.3 is 0 Å². The lowest BCUT2D eigenvalue weighted by atomic mass is 10.1. The maximum Gasteiger partial charge on any atom is 0.218 e. The minimum absolute atomic E-state index is 0.184. The molecule has 1 atom stereocenters. The molecule has 0 saturated carbocycles. The number of likely N-dealkylation sites (tertiary alicyclic amines) is 1. The largest absolute Gasteiger partial charge is 0.370 e. The Bertz CT molecular complexity index is 170. The summed E-state index contributed by atoms with van der Waals surface area (Å²) in [5.74, 6) is -0.184. The van der Waals surface area contributed by atoms with Gasteiger partial charge in [0.25, 0.3) is 0 Å². The van der Waals surface area contributed by atoms with Crippen molar-refractivity contribution < 1.29 is 4.79 Å². The van der Waals surface area contributed by atoms with Crippen LogP contribution in [0.2, 0.25) is 0 Å². The van der Waals surface area contributed by atoms with E-state index in [1.807, 2.05) is 0 Å². The van der Waals surface area contributed by atoms with Crippen molar-refractivity contribution in [1.82, 2.24) is 4.90 Å². The van der Waals surface area contributed by atoms with Gasteiger partial charge in [-0.05, 0) is 26.3 Å². The van der Waals surface area contributed by atoms with Crippen LogP contribution in [0.15, 0.2) is 0 Å². The molecule has 0 bridgehead atoms. The summed E-state index contributed by atoms with van der Waals surface area (Å²) in [4.78, 5) is 13.0. The van der Waals surface area contributed by atoms with E-state index in [9.17, 15) is 4.79 Å². The standard InChI is InChI=1S/C10H20N2O/c1-9-5-3-2-4-7-12(9)8-6-10(11)13/h9H,2-8H2,1H3,(H2,11,13). The van der Waals surface area contributed by atoms with Crippen LogP contribution in [-0.2, 0) is 4.79 Å². The Labute approximate surface area is 80.3 Å². The van der Waals surface area contributed by atoms with Crippen molar-refractivity contribution in [2.75, 3.05) is 13.1 Å². The molecule has 0 aliphatic carbocycles. The summed E-state index contributed by atoms with van der Waals surface area (Å²) in [7, 11) is 0. The van der Waals surface area contributed by atoms with Crippen molar-refractivity contribution in [2.45, 2.75) is 45.1 Å². The minimum atomic E-state index is -0.184. The first-order valence-corrected chi connectivity index (χ1v) is 5.22. The van der Waals surface area contributed by atoms with Gasteiger partial charge < -0.3 is 10.6 Å². The average molecular weight is 184 g/mol. The number of nitrogens with two attached hydrogens (primary N) is 1. The van der Waals surface area contributed by atoms with Gasteiger partial charge in [-0.25, -0.2) is 0 Å². The molecule has 1 saturated heterocycles. The summed E-state index contributed by atoms with van der Waals surface area (Å²) < 4.78 is 0. The van der Waals surface area contributed by atoms with E-state index in [0.717, 1.165) is 13.1 Å². The summed E-state index contributed by atoms with van der Waals surface area (Å²) in [5, 5.41) is 0. The SMILES string of the molecule is CC1CCCCCN1CCC(N)=O. The molecule has 13 heavy (non-hydrogen) atoms. The highest BCUT2D eigenvalue weighted by Gasteiger charge is 2.16. The number of carbonyl (C=O) groups is 1. The first-order chi connectivity index (χ1) is 6.20. The molecular weight excluding hydrogens is 164 g/mol. The Morgan fingerprint density at radius 1 is 1.46 bits per heavy atom. The first-order valence-electron chi connectivity index (χ1n) is 5.22. The van der Waals surface area contributed by atoms with E-state index in [1.54, 1.807) is 0 Å². The van der Waals surface area contributed by atoms with E-state index >= 15 is 0 Å². The number of nitrogens with zero attached hydrogens (tertiary/aromatic N) is 1. The number of rotatable bonds is 3. The Hall–Kier alpha value is -0.570. The van der Waals surface area contributed by atoms with Crippen LogP contribution in [0.1, 0.15) is 39.0 Å². The van der Waals surface area contributed by atoms with Gasteiger partial charge in [0.15, 0.2) is 0 Å². The molecule has 3 nitrogen and oxygen atoms in total. The number of hydrogen-bond acceptors (Lipinski definition) is 2. The van der Waals surface area contributed by atoms with Crippen LogP contribution in [0.4, 0.5) is 0 Å². The fraction of sp³-hybridized carbons (Fsp3) is 0.900. The van der Waals surface area contributed by atoms with E-state index in [-0.39, 0.29) is 5.91 Å². The van der Waals surface area contributed by atoms with Crippen LogP contribution in [0, 0.1) is 0 Å². The molecule has 1 aliphatic rings. The number of amides is 1. The van der Waals surface area contributed by atoms with Crippen molar-refractivity contribution in [3.8, 4) is 0 Å². The molecule has 1 fully saturated rings. The van der Waals surface area contributed by atoms with E-state index in [0.29, 0.717) is 12.5 Å². The second-order valence-corrected chi connectivity index (χ2v) is 3.95. The van der Waals surface area contributed by atoms with Crippen molar-refractivity contribution in [1.29, 1.82) is 0 Å². The quantitative estimate of drug-likeness (QED) is 0.714. The average Bonchev–Trinajstić information content (AvgIpc) is 2.27. The van der Waals surface area contributed by atoms with E-state index in [2.05, 4.69) is 11.8 Å². The van der Waals surface area contributed by atoms with Crippen LogP contribution in [0.3, 0.4) is 0 Å². The fourth-order valence-electron chi connectivity index (χ4n) is 1.92. The van der Waals surface area contributed by atoms with Crippen LogP contribution in [-0.4, -0.2) is 29.9 Å². The van der Waals surface area contributed by atoms with Gasteiger partial charge in [-0.2, -0.15) is 0 Å². The summed E-state index contributed by atoms with van der Waals surface area (Å²) in [5.41, 5.74) is 5.13. The predicted octanol–water partition coefficient (Wildman–Crippen LogP) is 1.13. The van der Waals surface area contributed by atoms with Crippen molar-refractivity contribution >= 4 is 5.91 Å². The predicted molar refractivity (Wildman–Crippen MR) is 53.3 cm³/mol. The lowest BCUT2D eigenvalue weighted by Crippen LogP contribution is -2.35. The molecule has 0 spiro atoms. The highest BCUT2D eigenvalue weighted by molar-refractivity contribution is 5.73. The molecule has 0 radical (unpaired) electrons. The fourth-order valence-corrected chi connectivity index (χ4v) is 1.92. The maximum atomic E-state index is 10.6. The van der Waals surface area contributed by atoms with Crippen molar-refractivity contribution in [3.63, 3.8) is 0 Å². The lowest BCUT2D eigenvalue weighted by molar-refractivity contribution is -0.118. The van der Waals surface area contributed by atoms with Gasteiger partial charge in [0.05, 0.1) is 0 Å². The third kappa shape index (κ3) is 3.77. The zero-order valence-electron chi connectivity index (χ0n) is 8.46. The minimum Gasteiger partial charge on any atom is -0.370 e. The monoisotopic (exact) mass is 184 g/mol. The van der Waals surface area contributed by atoms with Gasteiger partial charge in [0.2, 0.25) is 5.91 Å². The number of hydrogen-bond donors (Lipinski definition) is 1.